The molecule has 0 radical (unpaired) electrons. The average Bonchev–Trinajstić information content (AvgIpc) is 3.03. The number of methoxy groups -OCH3 is 5. The molecule has 43 heavy (non-hydrogen) atoms. The number of hydrogen-bond acceptors (Lipinski definition) is 8. The summed E-state index contributed by atoms with van der Waals surface area (Å²) in [7, 11) is 7.88. The zero-order chi connectivity index (χ0) is 30.7. The molecular weight excluding hydrogens is 548 g/mol. The highest BCUT2D eigenvalue weighted by Gasteiger charge is 2.42. The zero-order valence-electron chi connectivity index (χ0n) is 25.2. The molecule has 0 bridgehead atoms. The lowest BCUT2D eigenvalue weighted by Gasteiger charge is -2.37. The molecule has 0 saturated heterocycles. The summed E-state index contributed by atoms with van der Waals surface area (Å²) in [5.41, 5.74) is 4.60. The first-order valence-corrected chi connectivity index (χ1v) is 14.0. The number of Topliss-reactive ketones (excluding diaryl/α,β-unsaturated/α-hetero) is 1. The van der Waals surface area contributed by atoms with Crippen LogP contribution in [-0.4, -0.2) is 47.2 Å². The van der Waals surface area contributed by atoms with E-state index < -0.39 is 5.92 Å². The number of dihydropyridines is 1. The maximum absolute atomic E-state index is 14.1. The van der Waals surface area contributed by atoms with Gasteiger partial charge in [0.05, 0.1) is 47.2 Å². The van der Waals surface area contributed by atoms with E-state index in [-0.39, 0.29) is 24.0 Å². The summed E-state index contributed by atoms with van der Waals surface area (Å²) in [6.45, 7) is 1.86. The van der Waals surface area contributed by atoms with Gasteiger partial charge in [-0.1, -0.05) is 24.3 Å². The van der Waals surface area contributed by atoms with E-state index >= 15 is 0 Å². The molecule has 0 unspecified atom stereocenters. The zero-order valence-corrected chi connectivity index (χ0v) is 25.2. The lowest BCUT2D eigenvalue weighted by molar-refractivity contribution is -0.116. The van der Waals surface area contributed by atoms with Crippen molar-refractivity contribution in [1.82, 2.24) is 5.32 Å². The van der Waals surface area contributed by atoms with Crippen LogP contribution in [0.2, 0.25) is 0 Å². The molecule has 1 amide bonds. The van der Waals surface area contributed by atoms with Gasteiger partial charge < -0.3 is 34.3 Å². The molecule has 2 N–H and O–H groups in total. The fraction of sp³-hybridized carbons (Fsp3) is 0.294. The number of amides is 1. The summed E-state index contributed by atoms with van der Waals surface area (Å²) >= 11 is 0. The van der Waals surface area contributed by atoms with Crippen LogP contribution < -0.4 is 34.3 Å². The molecule has 0 fully saturated rings. The number of hydrogen-bond donors (Lipinski definition) is 2. The highest BCUT2D eigenvalue weighted by atomic mass is 16.5. The van der Waals surface area contributed by atoms with Crippen molar-refractivity contribution in [2.24, 2.45) is 0 Å². The molecule has 1 heterocycles. The van der Waals surface area contributed by atoms with Crippen LogP contribution >= 0.6 is 0 Å². The van der Waals surface area contributed by atoms with E-state index in [2.05, 4.69) is 10.6 Å². The summed E-state index contributed by atoms with van der Waals surface area (Å²) in [6.07, 6.45) is 0.843. The lowest BCUT2D eigenvalue weighted by atomic mass is 9.71. The van der Waals surface area contributed by atoms with E-state index in [0.29, 0.717) is 63.3 Å². The van der Waals surface area contributed by atoms with Gasteiger partial charge >= 0.3 is 0 Å². The van der Waals surface area contributed by atoms with Crippen LogP contribution in [0.5, 0.6) is 28.7 Å². The van der Waals surface area contributed by atoms with Gasteiger partial charge in [-0.3, -0.25) is 9.59 Å². The number of nitrogens with one attached hydrogen (secondary N) is 2. The topological polar surface area (TPSA) is 104 Å². The fourth-order valence-corrected chi connectivity index (χ4v) is 5.99. The summed E-state index contributed by atoms with van der Waals surface area (Å²) in [5, 5.41) is 6.43. The van der Waals surface area contributed by atoms with Crippen molar-refractivity contribution in [2.75, 3.05) is 40.9 Å². The number of ketones is 1. The molecule has 5 rings (SSSR count). The van der Waals surface area contributed by atoms with Crippen molar-refractivity contribution in [3.8, 4) is 28.7 Å². The number of para-hydroxylation sites is 2. The van der Waals surface area contributed by atoms with Crippen molar-refractivity contribution in [3.63, 3.8) is 0 Å². The molecule has 9 heteroatoms. The highest BCUT2D eigenvalue weighted by molar-refractivity contribution is 6.10. The maximum Gasteiger partial charge on any atom is 0.254 e. The van der Waals surface area contributed by atoms with E-state index in [9.17, 15) is 9.59 Å². The smallest absolute Gasteiger partial charge is 0.254 e. The van der Waals surface area contributed by atoms with E-state index in [1.54, 1.807) is 53.7 Å². The van der Waals surface area contributed by atoms with Crippen molar-refractivity contribution in [2.45, 2.75) is 31.6 Å². The normalized spacial score (nSPS) is 18.0. The number of rotatable bonds is 9. The fourth-order valence-electron chi connectivity index (χ4n) is 5.99. The van der Waals surface area contributed by atoms with E-state index in [1.165, 1.54) is 0 Å². The highest BCUT2D eigenvalue weighted by Crippen LogP contribution is 2.49. The Morgan fingerprint density at radius 2 is 1.51 bits per heavy atom. The van der Waals surface area contributed by atoms with Crippen LogP contribution in [0.25, 0.3) is 0 Å². The van der Waals surface area contributed by atoms with E-state index in [0.717, 1.165) is 11.3 Å². The van der Waals surface area contributed by atoms with Crippen LogP contribution in [-0.2, 0) is 9.59 Å². The summed E-state index contributed by atoms with van der Waals surface area (Å²) in [6, 6.07) is 18.4. The quantitative estimate of drug-likeness (QED) is 0.329. The van der Waals surface area contributed by atoms with Crippen LogP contribution in [0, 0.1) is 0 Å². The second kappa shape index (κ2) is 12.5. The predicted octanol–water partition coefficient (Wildman–Crippen LogP) is 5.73. The van der Waals surface area contributed by atoms with Gasteiger partial charge in [-0.2, -0.15) is 0 Å². The second-order valence-electron chi connectivity index (χ2n) is 10.4. The third-order valence-electron chi connectivity index (χ3n) is 8.06. The molecule has 2 aliphatic rings. The van der Waals surface area contributed by atoms with E-state index in [1.807, 2.05) is 49.4 Å². The lowest BCUT2D eigenvalue weighted by Crippen LogP contribution is -2.37. The monoisotopic (exact) mass is 584 g/mol. The van der Waals surface area contributed by atoms with Crippen LogP contribution in [0.15, 0.2) is 83.2 Å². The summed E-state index contributed by atoms with van der Waals surface area (Å²) in [5.74, 6) is 1.72. The summed E-state index contributed by atoms with van der Waals surface area (Å²) in [4.78, 5) is 28.2. The van der Waals surface area contributed by atoms with Gasteiger partial charge in [-0.25, -0.2) is 0 Å². The van der Waals surface area contributed by atoms with Crippen molar-refractivity contribution in [1.29, 1.82) is 0 Å². The van der Waals surface area contributed by atoms with Gasteiger partial charge in [0.1, 0.15) is 17.2 Å². The largest absolute Gasteiger partial charge is 0.497 e. The Kier molecular flexibility index (Phi) is 8.61. The Balaban J connectivity index is 1.60. The van der Waals surface area contributed by atoms with Crippen molar-refractivity contribution >= 4 is 17.4 Å². The minimum atomic E-state index is -0.675. The molecule has 0 spiro atoms. The first kappa shape index (κ1) is 29.6. The second-order valence-corrected chi connectivity index (χ2v) is 10.4. The third-order valence-corrected chi connectivity index (χ3v) is 8.06. The average molecular weight is 585 g/mol. The molecule has 1 aliphatic heterocycles. The number of allylic oxidation sites excluding steroid dienone is 3. The van der Waals surface area contributed by atoms with Gasteiger partial charge in [0, 0.05) is 40.6 Å². The van der Waals surface area contributed by atoms with Gasteiger partial charge in [0.25, 0.3) is 5.91 Å². The van der Waals surface area contributed by atoms with Gasteiger partial charge in [0.2, 0.25) is 0 Å². The molecule has 3 aromatic carbocycles. The molecule has 2 atom stereocenters. The van der Waals surface area contributed by atoms with Gasteiger partial charge in [0.15, 0.2) is 17.3 Å². The maximum atomic E-state index is 14.1. The Bertz CT molecular complexity index is 1620. The molecule has 0 saturated carbocycles. The number of anilines is 1. The molecule has 0 aromatic heterocycles. The molecule has 9 nitrogen and oxygen atoms in total. The number of carbonyl (C=O) groups excluding carboxylic acids is 2. The minimum absolute atomic E-state index is 0.0495. The molecular formula is C34H36N2O7. The third kappa shape index (κ3) is 5.62. The Labute approximate surface area is 251 Å². The number of carbonyl (C=O) groups is 2. The standard InChI is InChI=1S/C34H36N2O7/c1-19-31(34(38)36-24-9-7-8-10-27(24)40-3)32(23-13-12-22(39-2)18-29(23)42-5)33-25(35-19)15-21(16-26(33)37)20-11-14-28(41-4)30(17-20)43-6/h7-14,17-18,21,32,35H,15-16H2,1-6H3,(H,36,38)/t21-,32+/m1/s1. The Hall–Kier alpha value is -4.92. The van der Waals surface area contributed by atoms with Crippen molar-refractivity contribution < 1.29 is 33.3 Å². The first-order chi connectivity index (χ1) is 20.8. The molecule has 1 aliphatic carbocycles. The predicted molar refractivity (Wildman–Crippen MR) is 163 cm³/mol. The van der Waals surface area contributed by atoms with Crippen LogP contribution in [0.1, 0.15) is 42.7 Å². The SMILES string of the molecule is COc1ccc([C@H]2C(C(=O)Nc3ccccc3OC)=C(C)NC3=C2C(=O)C[C@H](c2ccc(OC)c(OC)c2)C3)c(OC)c1. The van der Waals surface area contributed by atoms with E-state index in [4.69, 9.17) is 23.7 Å². The minimum Gasteiger partial charge on any atom is -0.497 e. The van der Waals surface area contributed by atoms with Crippen LogP contribution in [0.4, 0.5) is 5.69 Å². The Morgan fingerprint density at radius 3 is 2.21 bits per heavy atom. The molecule has 224 valence electrons. The van der Waals surface area contributed by atoms with Crippen molar-refractivity contribution in [3.05, 3.63) is 94.3 Å². The first-order valence-electron chi connectivity index (χ1n) is 14.0. The number of ether oxygens (including phenoxy) is 5. The number of benzene rings is 3. The Morgan fingerprint density at radius 1 is 0.791 bits per heavy atom. The van der Waals surface area contributed by atoms with Gasteiger partial charge in [-0.15, -0.1) is 0 Å². The molecule has 3 aromatic rings. The van der Waals surface area contributed by atoms with Crippen LogP contribution in [0.3, 0.4) is 0 Å². The van der Waals surface area contributed by atoms with Gasteiger partial charge in [-0.05, 0) is 55.2 Å². The summed E-state index contributed by atoms with van der Waals surface area (Å²) < 4.78 is 27.6.